The van der Waals surface area contributed by atoms with E-state index in [0.29, 0.717) is 38.8 Å². The number of nitrogens with zero attached hydrogens (tertiary/aromatic N) is 3. The molecule has 3 heterocycles. The largest absolute Gasteiger partial charge is 0.369 e. The Morgan fingerprint density at radius 2 is 1.92 bits per heavy atom. The minimum atomic E-state index is -0.704. The molecule has 26 heavy (non-hydrogen) atoms. The Kier molecular flexibility index (Phi) is 3.86. The van der Waals surface area contributed by atoms with E-state index < -0.39 is 17.1 Å². The number of halogens is 1. The van der Waals surface area contributed by atoms with Gasteiger partial charge in [-0.25, -0.2) is 9.18 Å². The van der Waals surface area contributed by atoms with E-state index in [1.54, 1.807) is 0 Å². The summed E-state index contributed by atoms with van der Waals surface area (Å²) in [4.78, 5) is 27.1. The topological polar surface area (TPSA) is 72.7 Å². The minimum absolute atomic E-state index is 0.104. The van der Waals surface area contributed by atoms with E-state index in [2.05, 4.69) is 18.7 Å². The number of rotatable bonds is 3. The molecule has 1 aliphatic carbocycles. The number of anilines is 1. The number of pyridine rings is 1. The van der Waals surface area contributed by atoms with E-state index in [1.165, 1.54) is 10.6 Å². The first-order valence-electron chi connectivity index (χ1n) is 9.31. The van der Waals surface area contributed by atoms with Crippen LogP contribution in [0.1, 0.15) is 50.2 Å². The van der Waals surface area contributed by atoms with Crippen LogP contribution in [0, 0.1) is 24.6 Å². The van der Waals surface area contributed by atoms with Gasteiger partial charge in [0, 0.05) is 24.2 Å². The van der Waals surface area contributed by atoms with Crippen LogP contribution < -0.4 is 22.0 Å². The highest BCUT2D eigenvalue weighted by Gasteiger charge is 2.34. The molecule has 1 saturated heterocycles. The molecule has 2 aromatic rings. The van der Waals surface area contributed by atoms with Crippen molar-refractivity contribution in [2.24, 2.45) is 11.8 Å². The Hall–Kier alpha value is -2.31. The number of aryl methyl sites for hydroxylation is 1. The molecule has 4 rings (SSSR count). The molecule has 2 fully saturated rings. The second-order valence-electron chi connectivity index (χ2n) is 8.05. The third kappa shape index (κ3) is 2.44. The van der Waals surface area contributed by atoms with E-state index in [4.69, 9.17) is 5.84 Å². The van der Waals surface area contributed by atoms with Crippen molar-refractivity contribution in [3.63, 3.8) is 0 Å². The highest BCUT2D eigenvalue weighted by Crippen LogP contribution is 2.42. The number of nitrogen functional groups attached to an aromatic ring is 1. The average molecular weight is 360 g/mol. The summed E-state index contributed by atoms with van der Waals surface area (Å²) in [5.41, 5.74) is 1.10. The van der Waals surface area contributed by atoms with Crippen LogP contribution in [0.5, 0.6) is 0 Å². The maximum atomic E-state index is 15.0. The fraction of sp³-hybridized carbons (Fsp3) is 0.579. The lowest BCUT2D eigenvalue weighted by atomic mass is 9.95. The fourth-order valence-corrected chi connectivity index (χ4v) is 4.29. The lowest BCUT2D eigenvalue weighted by molar-refractivity contribution is 0.422. The van der Waals surface area contributed by atoms with Crippen molar-refractivity contribution in [2.75, 3.05) is 23.8 Å². The Labute approximate surface area is 151 Å². The van der Waals surface area contributed by atoms with Gasteiger partial charge in [0.25, 0.3) is 5.56 Å². The molecule has 2 aliphatic rings. The highest BCUT2D eigenvalue weighted by molar-refractivity contribution is 5.72. The third-order valence-corrected chi connectivity index (χ3v) is 6.01. The van der Waals surface area contributed by atoms with Gasteiger partial charge in [-0.3, -0.25) is 9.20 Å². The van der Waals surface area contributed by atoms with Crippen LogP contribution in [0.2, 0.25) is 0 Å². The highest BCUT2D eigenvalue weighted by atomic mass is 19.1. The normalized spacial score (nSPS) is 20.5. The van der Waals surface area contributed by atoms with Crippen LogP contribution in [-0.2, 0) is 0 Å². The van der Waals surface area contributed by atoms with Crippen molar-refractivity contribution in [2.45, 2.75) is 46.0 Å². The first kappa shape index (κ1) is 17.1. The maximum absolute atomic E-state index is 15.0. The summed E-state index contributed by atoms with van der Waals surface area (Å²) in [6.07, 6.45) is 4.01. The molecule has 0 radical (unpaired) electrons. The van der Waals surface area contributed by atoms with Gasteiger partial charge in [-0.15, -0.1) is 0 Å². The summed E-state index contributed by atoms with van der Waals surface area (Å²) in [5.74, 6) is 6.39. The smallest absolute Gasteiger partial charge is 0.354 e. The summed E-state index contributed by atoms with van der Waals surface area (Å²) in [6.45, 7) is 7.76. The Morgan fingerprint density at radius 1 is 1.23 bits per heavy atom. The Bertz CT molecular complexity index is 1000. The van der Waals surface area contributed by atoms with E-state index in [-0.39, 0.29) is 5.92 Å². The van der Waals surface area contributed by atoms with E-state index in [0.717, 1.165) is 32.4 Å². The molecular weight excluding hydrogens is 335 g/mol. The standard InChI is InChI=1S/C19H25FN4O2/c1-10(2)13-6-7-22(8-13)16-11(3)17-15(12-4-5-12)18(25)24(21)19(26)23(17)9-14(16)20/h9-10,12-13H,4-8,21H2,1-3H3. The lowest BCUT2D eigenvalue weighted by Gasteiger charge is -2.24. The van der Waals surface area contributed by atoms with Crippen LogP contribution in [0.3, 0.4) is 0 Å². The molecule has 140 valence electrons. The lowest BCUT2D eigenvalue weighted by Crippen LogP contribution is -2.44. The summed E-state index contributed by atoms with van der Waals surface area (Å²) in [5, 5.41) is 0. The molecule has 1 unspecified atom stereocenters. The van der Waals surface area contributed by atoms with Gasteiger partial charge >= 0.3 is 5.69 Å². The first-order chi connectivity index (χ1) is 12.3. The quantitative estimate of drug-likeness (QED) is 0.850. The van der Waals surface area contributed by atoms with Gasteiger partial charge in [-0.2, -0.15) is 4.68 Å². The molecule has 0 spiro atoms. The predicted octanol–water partition coefficient (Wildman–Crippen LogP) is 1.98. The van der Waals surface area contributed by atoms with Gasteiger partial charge in [0.1, 0.15) is 0 Å². The monoisotopic (exact) mass is 360 g/mol. The third-order valence-electron chi connectivity index (χ3n) is 6.01. The molecule has 7 heteroatoms. The molecule has 1 aliphatic heterocycles. The number of hydrogen-bond donors (Lipinski definition) is 1. The molecule has 0 bridgehead atoms. The Morgan fingerprint density at radius 3 is 2.50 bits per heavy atom. The zero-order chi connectivity index (χ0) is 18.7. The van der Waals surface area contributed by atoms with Crippen LogP contribution in [-0.4, -0.2) is 22.2 Å². The molecule has 2 N–H and O–H groups in total. The summed E-state index contributed by atoms with van der Waals surface area (Å²) < 4.78 is 16.8. The van der Waals surface area contributed by atoms with Crippen LogP contribution in [0.4, 0.5) is 10.1 Å². The average Bonchev–Trinajstić information content (AvgIpc) is 3.30. The number of hydrogen-bond acceptors (Lipinski definition) is 4. The van der Waals surface area contributed by atoms with E-state index >= 15 is 0 Å². The van der Waals surface area contributed by atoms with Gasteiger partial charge < -0.3 is 10.7 Å². The minimum Gasteiger partial charge on any atom is -0.369 e. The van der Waals surface area contributed by atoms with Gasteiger partial charge in [0.15, 0.2) is 5.82 Å². The van der Waals surface area contributed by atoms with Crippen molar-refractivity contribution in [3.8, 4) is 0 Å². The van der Waals surface area contributed by atoms with Crippen molar-refractivity contribution in [3.05, 3.63) is 44.0 Å². The van der Waals surface area contributed by atoms with Crippen LogP contribution in [0.25, 0.3) is 5.52 Å². The zero-order valence-electron chi connectivity index (χ0n) is 15.5. The second kappa shape index (κ2) is 5.86. The molecule has 1 saturated carbocycles. The maximum Gasteiger partial charge on any atom is 0.354 e. The molecule has 1 atom stereocenters. The predicted molar refractivity (Wildman–Crippen MR) is 99.9 cm³/mol. The van der Waals surface area contributed by atoms with E-state index in [9.17, 15) is 14.0 Å². The van der Waals surface area contributed by atoms with Crippen LogP contribution in [0.15, 0.2) is 15.8 Å². The molecule has 2 aromatic heterocycles. The van der Waals surface area contributed by atoms with Crippen LogP contribution >= 0.6 is 0 Å². The fourth-order valence-electron chi connectivity index (χ4n) is 4.29. The van der Waals surface area contributed by atoms with E-state index in [1.807, 2.05) is 6.92 Å². The van der Waals surface area contributed by atoms with Gasteiger partial charge in [-0.1, -0.05) is 13.8 Å². The number of aromatic nitrogens is 2. The van der Waals surface area contributed by atoms with Crippen molar-refractivity contribution in [1.82, 2.24) is 9.08 Å². The molecule has 0 amide bonds. The first-order valence-corrected chi connectivity index (χ1v) is 9.31. The molecular formula is C19H25FN4O2. The van der Waals surface area contributed by atoms with Crippen molar-refractivity contribution in [1.29, 1.82) is 0 Å². The Balaban J connectivity index is 1.97. The van der Waals surface area contributed by atoms with Crippen molar-refractivity contribution >= 4 is 11.2 Å². The van der Waals surface area contributed by atoms with Gasteiger partial charge in [0.2, 0.25) is 0 Å². The second-order valence-corrected chi connectivity index (χ2v) is 8.05. The zero-order valence-corrected chi connectivity index (χ0v) is 15.5. The number of nitrogens with two attached hydrogens (primary N) is 1. The molecule has 6 nitrogen and oxygen atoms in total. The van der Waals surface area contributed by atoms with Gasteiger partial charge in [-0.05, 0) is 43.9 Å². The summed E-state index contributed by atoms with van der Waals surface area (Å²) in [7, 11) is 0. The molecule has 0 aromatic carbocycles. The summed E-state index contributed by atoms with van der Waals surface area (Å²) >= 11 is 0. The van der Waals surface area contributed by atoms with Crippen molar-refractivity contribution < 1.29 is 4.39 Å². The SMILES string of the molecule is Cc1c(N2CCC(C(C)C)C2)c(F)cn2c(=O)n(N)c(=O)c(C3CC3)c12. The van der Waals surface area contributed by atoms with Gasteiger partial charge in [0.05, 0.1) is 17.4 Å². The summed E-state index contributed by atoms with van der Waals surface area (Å²) in [6, 6.07) is 0. The number of fused-ring (bicyclic) bond motifs is 1.